The van der Waals surface area contributed by atoms with Gasteiger partial charge >= 0.3 is 0 Å². The Morgan fingerprint density at radius 2 is 2.33 bits per heavy atom. The lowest BCUT2D eigenvalue weighted by molar-refractivity contribution is 0.171. The number of aliphatic hydroxyl groups excluding tert-OH is 1. The van der Waals surface area contributed by atoms with Gasteiger partial charge in [-0.3, -0.25) is 4.68 Å². The van der Waals surface area contributed by atoms with E-state index in [0.717, 1.165) is 12.1 Å². The van der Waals surface area contributed by atoms with E-state index in [1.807, 2.05) is 18.7 Å². The van der Waals surface area contributed by atoms with E-state index >= 15 is 0 Å². The van der Waals surface area contributed by atoms with Crippen LogP contribution in [0, 0.1) is 23.2 Å². The monoisotopic (exact) mass is 243 g/mol. The molecule has 3 atom stereocenters. The molecular formula is C14H17N3O. The van der Waals surface area contributed by atoms with E-state index in [9.17, 15) is 10.4 Å². The first-order valence-corrected chi connectivity index (χ1v) is 6.32. The molecule has 2 aliphatic rings. The van der Waals surface area contributed by atoms with Gasteiger partial charge in [0.15, 0.2) is 0 Å². The van der Waals surface area contributed by atoms with Crippen molar-refractivity contribution >= 4 is 0 Å². The molecule has 1 aromatic rings. The number of aryl methyl sites for hydroxylation is 1. The van der Waals surface area contributed by atoms with E-state index in [1.54, 1.807) is 0 Å². The smallest absolute Gasteiger partial charge is 0.109 e. The van der Waals surface area contributed by atoms with Crippen LogP contribution in [-0.2, 0) is 18.9 Å². The second-order valence-electron chi connectivity index (χ2n) is 5.85. The standard InChI is InChI=1S/C14H17N3O/c1-8-11-4-9-7-17(3)16-13(9)14(11,2)5-10(6-15)12(8)18/h7-8,11,18H,4-5H2,1-3H3/t8-,11-,14-/m0/s1. The number of allylic oxidation sites excluding steroid dienone is 2. The summed E-state index contributed by atoms with van der Waals surface area (Å²) in [6, 6.07) is 2.15. The summed E-state index contributed by atoms with van der Waals surface area (Å²) in [5.41, 5.74) is 2.80. The largest absolute Gasteiger partial charge is 0.511 e. The van der Waals surface area contributed by atoms with Crippen LogP contribution in [-0.4, -0.2) is 14.9 Å². The Kier molecular flexibility index (Phi) is 2.13. The normalized spacial score (nSPS) is 34.1. The fourth-order valence-electron chi connectivity index (χ4n) is 3.77. The Balaban J connectivity index is 2.14. The Labute approximate surface area is 107 Å². The van der Waals surface area contributed by atoms with Crippen LogP contribution in [0.4, 0.5) is 0 Å². The fraction of sp³-hybridized carbons (Fsp3) is 0.571. The Morgan fingerprint density at radius 1 is 1.61 bits per heavy atom. The molecule has 0 bridgehead atoms. The molecule has 0 unspecified atom stereocenters. The van der Waals surface area contributed by atoms with Crippen LogP contribution in [0.3, 0.4) is 0 Å². The second-order valence-corrected chi connectivity index (χ2v) is 5.85. The lowest BCUT2D eigenvalue weighted by Crippen LogP contribution is -2.38. The van der Waals surface area contributed by atoms with E-state index in [0.29, 0.717) is 17.9 Å². The van der Waals surface area contributed by atoms with E-state index in [2.05, 4.69) is 24.3 Å². The molecule has 1 heterocycles. The van der Waals surface area contributed by atoms with Crippen molar-refractivity contribution in [3.8, 4) is 6.07 Å². The molecule has 94 valence electrons. The van der Waals surface area contributed by atoms with Crippen LogP contribution in [0.25, 0.3) is 0 Å². The van der Waals surface area contributed by atoms with Gasteiger partial charge in [-0.05, 0) is 24.3 Å². The summed E-state index contributed by atoms with van der Waals surface area (Å²) in [5.74, 6) is 0.681. The number of nitrogens with zero attached hydrogens (tertiary/aromatic N) is 3. The van der Waals surface area contributed by atoms with E-state index < -0.39 is 0 Å². The van der Waals surface area contributed by atoms with Gasteiger partial charge in [0.1, 0.15) is 5.76 Å². The third kappa shape index (κ3) is 1.22. The van der Waals surface area contributed by atoms with E-state index in [-0.39, 0.29) is 17.1 Å². The molecule has 0 saturated heterocycles. The highest BCUT2D eigenvalue weighted by molar-refractivity contribution is 5.42. The van der Waals surface area contributed by atoms with Gasteiger partial charge in [0.2, 0.25) is 0 Å². The van der Waals surface area contributed by atoms with Crippen LogP contribution in [0.5, 0.6) is 0 Å². The molecule has 0 spiro atoms. The molecule has 4 nitrogen and oxygen atoms in total. The molecule has 18 heavy (non-hydrogen) atoms. The van der Waals surface area contributed by atoms with Crippen molar-refractivity contribution in [2.75, 3.05) is 0 Å². The van der Waals surface area contributed by atoms with Crippen LogP contribution < -0.4 is 0 Å². The van der Waals surface area contributed by atoms with Crippen molar-refractivity contribution in [3.05, 3.63) is 28.8 Å². The highest BCUT2D eigenvalue weighted by Gasteiger charge is 2.52. The Hall–Kier alpha value is -1.76. The molecule has 0 radical (unpaired) electrons. The van der Waals surface area contributed by atoms with Crippen molar-refractivity contribution < 1.29 is 5.11 Å². The molecule has 0 fully saturated rings. The number of aromatic nitrogens is 2. The summed E-state index contributed by atoms with van der Waals surface area (Å²) in [7, 11) is 1.93. The molecule has 0 aliphatic heterocycles. The first-order valence-electron chi connectivity index (χ1n) is 6.32. The number of nitriles is 1. The van der Waals surface area contributed by atoms with Crippen molar-refractivity contribution in [1.29, 1.82) is 5.26 Å². The summed E-state index contributed by atoms with van der Waals surface area (Å²) in [4.78, 5) is 0. The van der Waals surface area contributed by atoms with Gasteiger partial charge in [-0.15, -0.1) is 0 Å². The maximum atomic E-state index is 10.1. The zero-order valence-corrected chi connectivity index (χ0v) is 10.9. The zero-order chi connectivity index (χ0) is 13.1. The predicted octanol–water partition coefficient (Wildman–Crippen LogP) is 2.23. The van der Waals surface area contributed by atoms with Crippen LogP contribution in [0.15, 0.2) is 17.5 Å². The van der Waals surface area contributed by atoms with E-state index in [1.165, 1.54) is 5.56 Å². The summed E-state index contributed by atoms with van der Waals surface area (Å²) in [6.45, 7) is 4.19. The van der Waals surface area contributed by atoms with Crippen molar-refractivity contribution in [2.45, 2.75) is 32.1 Å². The quantitative estimate of drug-likeness (QED) is 0.760. The lowest BCUT2D eigenvalue weighted by atomic mass is 9.64. The summed E-state index contributed by atoms with van der Waals surface area (Å²) < 4.78 is 1.85. The maximum absolute atomic E-state index is 10.1. The van der Waals surface area contributed by atoms with Crippen molar-refractivity contribution in [3.63, 3.8) is 0 Å². The second kappa shape index (κ2) is 3.38. The molecule has 2 aliphatic carbocycles. The van der Waals surface area contributed by atoms with Crippen molar-refractivity contribution in [2.24, 2.45) is 18.9 Å². The van der Waals surface area contributed by atoms with Crippen LogP contribution >= 0.6 is 0 Å². The first kappa shape index (κ1) is 11.3. The molecule has 0 saturated carbocycles. The number of hydrogen-bond donors (Lipinski definition) is 1. The summed E-state index contributed by atoms with van der Waals surface area (Å²) in [5, 5.41) is 23.9. The first-order chi connectivity index (χ1) is 8.47. The van der Waals surface area contributed by atoms with Gasteiger partial charge in [-0.1, -0.05) is 13.8 Å². The third-order valence-electron chi connectivity index (χ3n) is 4.73. The van der Waals surface area contributed by atoms with Gasteiger partial charge in [0, 0.05) is 24.6 Å². The number of aliphatic hydroxyl groups is 1. The maximum Gasteiger partial charge on any atom is 0.109 e. The minimum atomic E-state index is -0.104. The Morgan fingerprint density at radius 3 is 3.00 bits per heavy atom. The average molecular weight is 243 g/mol. The predicted molar refractivity (Wildman–Crippen MR) is 66.8 cm³/mol. The average Bonchev–Trinajstić information content (AvgIpc) is 2.81. The molecular weight excluding hydrogens is 226 g/mol. The molecule has 3 rings (SSSR count). The molecule has 0 amide bonds. The van der Waals surface area contributed by atoms with Crippen LogP contribution in [0.2, 0.25) is 0 Å². The van der Waals surface area contributed by atoms with Gasteiger partial charge in [0.25, 0.3) is 0 Å². The SMILES string of the molecule is C[C@@H]1C(O)=C(C#N)C[C@]2(C)c3nn(C)cc3C[C@@H]12. The highest BCUT2D eigenvalue weighted by atomic mass is 16.3. The number of rotatable bonds is 0. The molecule has 1 aromatic heterocycles. The molecule has 0 aromatic carbocycles. The highest BCUT2D eigenvalue weighted by Crippen LogP contribution is 2.53. The van der Waals surface area contributed by atoms with E-state index in [4.69, 9.17) is 0 Å². The molecule has 1 N–H and O–H groups in total. The zero-order valence-electron chi connectivity index (χ0n) is 10.9. The number of hydrogen-bond acceptors (Lipinski definition) is 3. The van der Waals surface area contributed by atoms with Gasteiger partial charge in [0.05, 0.1) is 17.3 Å². The molecule has 4 heteroatoms. The third-order valence-corrected chi connectivity index (χ3v) is 4.73. The van der Waals surface area contributed by atoms with Gasteiger partial charge < -0.3 is 5.11 Å². The summed E-state index contributed by atoms with van der Waals surface area (Å²) in [6.07, 6.45) is 3.62. The summed E-state index contributed by atoms with van der Waals surface area (Å²) >= 11 is 0. The van der Waals surface area contributed by atoms with Gasteiger partial charge in [-0.2, -0.15) is 10.4 Å². The Bertz CT molecular complexity index is 593. The van der Waals surface area contributed by atoms with Gasteiger partial charge in [-0.25, -0.2) is 0 Å². The lowest BCUT2D eigenvalue weighted by Gasteiger charge is -2.39. The van der Waals surface area contributed by atoms with Crippen molar-refractivity contribution in [1.82, 2.24) is 9.78 Å². The minimum absolute atomic E-state index is 0.0397. The topological polar surface area (TPSA) is 61.8 Å². The minimum Gasteiger partial charge on any atom is -0.511 e. The fourth-order valence-corrected chi connectivity index (χ4v) is 3.77. The number of fused-ring (bicyclic) bond motifs is 3. The van der Waals surface area contributed by atoms with Crippen LogP contribution in [0.1, 0.15) is 31.5 Å².